The zero-order valence-electron chi connectivity index (χ0n) is 9.51. The molecule has 1 aromatic carbocycles. The lowest BCUT2D eigenvalue weighted by Gasteiger charge is -2.18. The standard InChI is InChI=1S/C12H13N3O2/c1-15-11(16)8-7-10(14-15)12(17)13-9-5-3-2-4-6-9/h2-6H,7-8H2,1H3,(H,13,17). The minimum atomic E-state index is -0.254. The third kappa shape index (κ3) is 2.69. The van der Waals surface area contributed by atoms with Crippen molar-refractivity contribution in [2.45, 2.75) is 12.8 Å². The Morgan fingerprint density at radius 3 is 2.65 bits per heavy atom. The molecule has 5 nitrogen and oxygen atoms in total. The number of hydrogen-bond acceptors (Lipinski definition) is 3. The van der Waals surface area contributed by atoms with Crippen molar-refractivity contribution in [2.24, 2.45) is 5.10 Å². The van der Waals surface area contributed by atoms with E-state index in [4.69, 9.17) is 0 Å². The van der Waals surface area contributed by atoms with Crippen LogP contribution in [0.4, 0.5) is 5.69 Å². The van der Waals surface area contributed by atoms with E-state index in [0.717, 1.165) is 5.69 Å². The van der Waals surface area contributed by atoms with Gasteiger partial charge in [-0.05, 0) is 12.1 Å². The van der Waals surface area contributed by atoms with Gasteiger partial charge in [-0.2, -0.15) is 5.10 Å². The zero-order chi connectivity index (χ0) is 12.3. The molecule has 0 aliphatic carbocycles. The molecule has 0 aromatic heterocycles. The summed E-state index contributed by atoms with van der Waals surface area (Å²) in [5.74, 6) is -0.322. The van der Waals surface area contributed by atoms with Crippen molar-refractivity contribution in [1.82, 2.24) is 5.01 Å². The molecular formula is C12H13N3O2. The van der Waals surface area contributed by atoms with Gasteiger partial charge in [0, 0.05) is 25.6 Å². The lowest BCUT2D eigenvalue weighted by Crippen LogP contribution is -2.34. The highest BCUT2D eigenvalue weighted by atomic mass is 16.2. The second-order valence-electron chi connectivity index (χ2n) is 3.78. The maximum Gasteiger partial charge on any atom is 0.271 e. The van der Waals surface area contributed by atoms with E-state index in [2.05, 4.69) is 10.4 Å². The predicted molar refractivity (Wildman–Crippen MR) is 64.5 cm³/mol. The van der Waals surface area contributed by atoms with Crippen LogP contribution in [0.25, 0.3) is 0 Å². The number of anilines is 1. The number of carbonyl (C=O) groups is 2. The number of para-hydroxylation sites is 1. The van der Waals surface area contributed by atoms with E-state index in [9.17, 15) is 9.59 Å². The first-order chi connectivity index (χ1) is 8.16. The first kappa shape index (κ1) is 11.3. The van der Waals surface area contributed by atoms with Gasteiger partial charge in [0.05, 0.1) is 0 Å². The van der Waals surface area contributed by atoms with E-state index in [1.165, 1.54) is 5.01 Å². The summed E-state index contributed by atoms with van der Waals surface area (Å²) in [6.45, 7) is 0. The number of nitrogens with zero attached hydrogens (tertiary/aromatic N) is 2. The van der Waals surface area contributed by atoms with Gasteiger partial charge in [-0.3, -0.25) is 9.59 Å². The van der Waals surface area contributed by atoms with Crippen LogP contribution in [-0.4, -0.2) is 29.6 Å². The molecular weight excluding hydrogens is 218 g/mol. The fraction of sp³-hybridized carbons (Fsp3) is 0.250. The van der Waals surface area contributed by atoms with Crippen molar-refractivity contribution >= 4 is 23.2 Å². The molecule has 1 aliphatic rings. The van der Waals surface area contributed by atoms with Gasteiger partial charge in [0.2, 0.25) is 5.91 Å². The Kier molecular flexibility index (Phi) is 3.18. The third-order valence-corrected chi connectivity index (χ3v) is 2.50. The highest BCUT2D eigenvalue weighted by molar-refractivity contribution is 6.43. The largest absolute Gasteiger partial charge is 0.321 e. The predicted octanol–water partition coefficient (Wildman–Crippen LogP) is 1.23. The van der Waals surface area contributed by atoms with Gasteiger partial charge in [-0.25, -0.2) is 5.01 Å². The van der Waals surface area contributed by atoms with Crippen LogP contribution in [0.15, 0.2) is 35.4 Å². The van der Waals surface area contributed by atoms with E-state index in [-0.39, 0.29) is 11.8 Å². The summed E-state index contributed by atoms with van der Waals surface area (Å²) in [5, 5.41) is 7.90. The molecule has 0 bridgehead atoms. The first-order valence-corrected chi connectivity index (χ1v) is 5.37. The molecule has 0 radical (unpaired) electrons. The summed E-state index contributed by atoms with van der Waals surface area (Å²) < 4.78 is 0. The number of rotatable bonds is 2. The molecule has 0 saturated carbocycles. The van der Waals surface area contributed by atoms with E-state index >= 15 is 0 Å². The molecule has 88 valence electrons. The van der Waals surface area contributed by atoms with Crippen LogP contribution < -0.4 is 5.32 Å². The fourth-order valence-electron chi connectivity index (χ4n) is 1.56. The Morgan fingerprint density at radius 2 is 2.00 bits per heavy atom. The van der Waals surface area contributed by atoms with Crippen LogP contribution in [0.1, 0.15) is 12.8 Å². The molecule has 2 amide bonds. The summed E-state index contributed by atoms with van der Waals surface area (Å²) in [5.41, 5.74) is 1.11. The molecule has 0 atom stereocenters. The van der Waals surface area contributed by atoms with Crippen molar-refractivity contribution in [3.05, 3.63) is 30.3 Å². The van der Waals surface area contributed by atoms with Crippen LogP contribution >= 0.6 is 0 Å². The molecule has 1 N–H and O–H groups in total. The van der Waals surface area contributed by atoms with Crippen molar-refractivity contribution in [2.75, 3.05) is 12.4 Å². The van der Waals surface area contributed by atoms with Crippen molar-refractivity contribution < 1.29 is 9.59 Å². The van der Waals surface area contributed by atoms with Crippen molar-refractivity contribution in [1.29, 1.82) is 0 Å². The summed E-state index contributed by atoms with van der Waals surface area (Å²) in [6, 6.07) is 9.16. The minimum Gasteiger partial charge on any atom is -0.321 e. The summed E-state index contributed by atoms with van der Waals surface area (Å²) in [7, 11) is 1.55. The number of hydrogen-bond donors (Lipinski definition) is 1. The average molecular weight is 231 g/mol. The highest BCUT2D eigenvalue weighted by Gasteiger charge is 2.21. The Labute approximate surface area is 99.1 Å². The number of hydrazone groups is 1. The van der Waals surface area contributed by atoms with Crippen LogP contribution in [-0.2, 0) is 9.59 Å². The van der Waals surface area contributed by atoms with Gasteiger partial charge < -0.3 is 5.32 Å². The van der Waals surface area contributed by atoms with E-state index in [0.29, 0.717) is 18.6 Å². The lowest BCUT2D eigenvalue weighted by molar-refractivity contribution is -0.130. The van der Waals surface area contributed by atoms with Crippen molar-refractivity contribution in [3.63, 3.8) is 0 Å². The van der Waals surface area contributed by atoms with Crippen LogP contribution in [0, 0.1) is 0 Å². The van der Waals surface area contributed by atoms with Gasteiger partial charge in [0.15, 0.2) is 0 Å². The number of carbonyl (C=O) groups excluding carboxylic acids is 2. The number of amides is 2. The SMILES string of the molecule is CN1N=C(C(=O)Nc2ccccc2)CCC1=O. The van der Waals surface area contributed by atoms with Gasteiger partial charge in [0.1, 0.15) is 5.71 Å². The Bertz CT molecular complexity index is 468. The average Bonchev–Trinajstić information content (AvgIpc) is 2.34. The molecule has 1 aromatic rings. The Balaban J connectivity index is 2.07. The van der Waals surface area contributed by atoms with Gasteiger partial charge in [-0.15, -0.1) is 0 Å². The van der Waals surface area contributed by atoms with E-state index in [1.54, 1.807) is 19.2 Å². The van der Waals surface area contributed by atoms with Crippen LogP contribution in [0.3, 0.4) is 0 Å². The first-order valence-electron chi connectivity index (χ1n) is 5.37. The molecule has 17 heavy (non-hydrogen) atoms. The molecule has 0 spiro atoms. The molecule has 1 aliphatic heterocycles. The topological polar surface area (TPSA) is 61.8 Å². The van der Waals surface area contributed by atoms with E-state index in [1.807, 2.05) is 18.2 Å². The number of nitrogens with one attached hydrogen (secondary N) is 1. The van der Waals surface area contributed by atoms with Crippen molar-refractivity contribution in [3.8, 4) is 0 Å². The molecule has 0 unspecified atom stereocenters. The minimum absolute atomic E-state index is 0.0683. The van der Waals surface area contributed by atoms with Gasteiger partial charge >= 0.3 is 0 Å². The lowest BCUT2D eigenvalue weighted by atomic mass is 10.1. The smallest absolute Gasteiger partial charge is 0.271 e. The van der Waals surface area contributed by atoms with Gasteiger partial charge in [0.25, 0.3) is 5.91 Å². The highest BCUT2D eigenvalue weighted by Crippen LogP contribution is 2.10. The maximum absolute atomic E-state index is 11.8. The second kappa shape index (κ2) is 4.78. The number of benzene rings is 1. The Hall–Kier alpha value is -2.17. The molecule has 0 fully saturated rings. The molecule has 5 heteroatoms. The normalized spacial score (nSPS) is 15.5. The fourth-order valence-corrected chi connectivity index (χ4v) is 1.56. The maximum atomic E-state index is 11.8. The van der Waals surface area contributed by atoms with Crippen LogP contribution in [0.2, 0.25) is 0 Å². The monoisotopic (exact) mass is 231 g/mol. The summed E-state index contributed by atoms with van der Waals surface area (Å²) in [4.78, 5) is 23.0. The zero-order valence-corrected chi connectivity index (χ0v) is 9.51. The summed E-state index contributed by atoms with van der Waals surface area (Å²) >= 11 is 0. The Morgan fingerprint density at radius 1 is 1.29 bits per heavy atom. The second-order valence-corrected chi connectivity index (χ2v) is 3.78. The van der Waals surface area contributed by atoms with E-state index < -0.39 is 0 Å². The van der Waals surface area contributed by atoms with Gasteiger partial charge in [-0.1, -0.05) is 18.2 Å². The summed E-state index contributed by atoms with van der Waals surface area (Å²) in [6.07, 6.45) is 0.722. The molecule has 1 heterocycles. The van der Waals surface area contributed by atoms with Crippen LogP contribution in [0.5, 0.6) is 0 Å². The molecule has 2 rings (SSSR count). The third-order valence-electron chi connectivity index (χ3n) is 2.50. The molecule has 0 saturated heterocycles. The quantitative estimate of drug-likeness (QED) is 0.832.